The van der Waals surface area contributed by atoms with Gasteiger partial charge in [-0.05, 0) is 55.0 Å². The minimum Gasteiger partial charge on any atom is -0.465 e. The zero-order chi connectivity index (χ0) is 22.1. The average Bonchev–Trinajstić information content (AvgIpc) is 2.70. The predicted octanol–water partition coefficient (Wildman–Crippen LogP) is 2.27. The molecule has 0 aliphatic carbocycles. The Balaban J connectivity index is 1.73. The Labute approximate surface area is 173 Å². The van der Waals surface area contributed by atoms with E-state index in [4.69, 9.17) is 4.74 Å². The Morgan fingerprint density at radius 3 is 2.23 bits per heavy atom. The quantitative estimate of drug-likeness (QED) is 0.335. The van der Waals surface area contributed by atoms with Gasteiger partial charge in [0.05, 0.1) is 11.5 Å². The Hall–Kier alpha value is -3.11. The normalized spacial score (nSPS) is 11.0. The van der Waals surface area contributed by atoms with Crippen LogP contribution in [-0.2, 0) is 24.3 Å². The highest BCUT2D eigenvalue weighted by atomic mass is 32.2. The van der Waals surface area contributed by atoms with Crippen LogP contribution in [0.15, 0.2) is 53.4 Å². The van der Waals surface area contributed by atoms with Gasteiger partial charge in [0.25, 0.3) is 0 Å². The summed E-state index contributed by atoms with van der Waals surface area (Å²) in [6, 6.07) is 10.6. The summed E-state index contributed by atoms with van der Waals surface area (Å²) in [6.45, 7) is 0.705. The van der Waals surface area contributed by atoms with Gasteiger partial charge >= 0.3 is 5.97 Å². The molecule has 2 N–H and O–H groups in total. The van der Waals surface area contributed by atoms with Gasteiger partial charge in [0, 0.05) is 24.6 Å². The van der Waals surface area contributed by atoms with Crippen LogP contribution in [0.3, 0.4) is 0 Å². The lowest BCUT2D eigenvalue weighted by Gasteiger charge is -2.08. The highest BCUT2D eigenvalue weighted by Gasteiger charge is 2.16. The molecule has 0 unspecified atom stereocenters. The van der Waals surface area contributed by atoms with Gasteiger partial charge in [0.15, 0.2) is 5.78 Å². The van der Waals surface area contributed by atoms with Crippen LogP contribution >= 0.6 is 0 Å². The fraction of sp³-hybridized carbons (Fsp3) is 0.250. The zero-order valence-electron chi connectivity index (χ0n) is 16.2. The second-order valence-electron chi connectivity index (χ2n) is 6.28. The molecular weight excluding hydrogens is 415 g/mol. The summed E-state index contributed by atoms with van der Waals surface area (Å²) in [7, 11) is -3.93. The monoisotopic (exact) mass is 436 g/mol. The number of amides is 1. The fourth-order valence-electron chi connectivity index (χ4n) is 2.41. The molecule has 0 fully saturated rings. The molecule has 2 aromatic carbocycles. The molecule has 0 saturated heterocycles. The summed E-state index contributed by atoms with van der Waals surface area (Å²) < 4.78 is 44.3. The Bertz CT molecular complexity index is 1000. The Kier molecular flexibility index (Phi) is 8.19. The molecule has 0 atom stereocenters. The van der Waals surface area contributed by atoms with Crippen molar-refractivity contribution in [2.75, 3.05) is 18.5 Å². The molecule has 0 spiro atoms. The van der Waals surface area contributed by atoms with E-state index in [0.717, 1.165) is 0 Å². The Morgan fingerprint density at radius 1 is 1.00 bits per heavy atom. The number of esters is 1. The highest BCUT2D eigenvalue weighted by Crippen LogP contribution is 2.14. The van der Waals surface area contributed by atoms with Gasteiger partial charge in [-0.2, -0.15) is 4.72 Å². The largest absolute Gasteiger partial charge is 0.465 e. The van der Waals surface area contributed by atoms with Crippen molar-refractivity contribution in [3.8, 4) is 0 Å². The Morgan fingerprint density at radius 2 is 1.63 bits per heavy atom. The summed E-state index contributed by atoms with van der Waals surface area (Å²) in [5.41, 5.74) is 0.802. The second-order valence-corrected chi connectivity index (χ2v) is 8.05. The van der Waals surface area contributed by atoms with Crippen molar-refractivity contribution in [1.29, 1.82) is 0 Å². The van der Waals surface area contributed by atoms with Crippen molar-refractivity contribution >= 4 is 33.4 Å². The van der Waals surface area contributed by atoms with Crippen molar-refractivity contribution in [3.05, 3.63) is 59.9 Å². The maximum absolute atomic E-state index is 12.8. The van der Waals surface area contributed by atoms with Crippen LogP contribution in [0.2, 0.25) is 0 Å². The summed E-state index contributed by atoms with van der Waals surface area (Å²) in [6.07, 6.45) is 0.352. The predicted molar refractivity (Wildman–Crippen MR) is 107 cm³/mol. The SMILES string of the molecule is CC(=O)Nc1ccc(S(=O)(=O)NCC(=O)OCCCC(=O)c2ccc(F)cc2)cc1. The third-order valence-electron chi connectivity index (χ3n) is 3.87. The summed E-state index contributed by atoms with van der Waals surface area (Å²) >= 11 is 0. The van der Waals surface area contributed by atoms with E-state index in [2.05, 4.69) is 10.0 Å². The first-order valence-corrected chi connectivity index (χ1v) is 10.5. The molecule has 0 aliphatic rings. The standard InChI is InChI=1S/C20H21FN2O6S/c1-14(24)23-17-8-10-18(11-9-17)30(27,28)22-13-20(26)29-12-2-3-19(25)15-4-6-16(21)7-5-15/h4-11,22H,2-3,12-13H2,1H3,(H,23,24). The fourth-order valence-corrected chi connectivity index (χ4v) is 3.38. The van der Waals surface area contributed by atoms with Crippen LogP contribution in [0, 0.1) is 5.82 Å². The van der Waals surface area contributed by atoms with Gasteiger partial charge in [0.1, 0.15) is 12.4 Å². The molecule has 0 bridgehead atoms. The van der Waals surface area contributed by atoms with E-state index in [-0.39, 0.29) is 36.0 Å². The molecule has 0 aromatic heterocycles. The van der Waals surface area contributed by atoms with E-state index in [0.29, 0.717) is 11.3 Å². The maximum atomic E-state index is 12.8. The number of sulfonamides is 1. The molecule has 0 heterocycles. The number of Topliss-reactive ketones (excluding diaryl/α,β-unsaturated/α-hetero) is 1. The van der Waals surface area contributed by atoms with Gasteiger partial charge in [0.2, 0.25) is 15.9 Å². The lowest BCUT2D eigenvalue weighted by atomic mass is 10.1. The molecule has 0 saturated carbocycles. The molecule has 0 aliphatic heterocycles. The molecule has 30 heavy (non-hydrogen) atoms. The lowest BCUT2D eigenvalue weighted by Crippen LogP contribution is -2.31. The first-order valence-electron chi connectivity index (χ1n) is 8.99. The molecule has 160 valence electrons. The molecule has 2 aromatic rings. The third kappa shape index (κ3) is 7.37. The van der Waals surface area contributed by atoms with Gasteiger partial charge < -0.3 is 10.1 Å². The molecule has 8 nitrogen and oxygen atoms in total. The van der Waals surface area contributed by atoms with Crippen LogP contribution in [0.5, 0.6) is 0 Å². The van der Waals surface area contributed by atoms with E-state index in [1.54, 1.807) is 0 Å². The van der Waals surface area contributed by atoms with E-state index in [1.165, 1.54) is 55.5 Å². The second kappa shape index (κ2) is 10.6. The zero-order valence-corrected chi connectivity index (χ0v) is 17.0. The summed E-state index contributed by atoms with van der Waals surface area (Å²) in [5.74, 6) is -1.73. The number of rotatable bonds is 10. The first-order chi connectivity index (χ1) is 14.2. The van der Waals surface area contributed by atoms with Gasteiger partial charge in [-0.1, -0.05) is 0 Å². The van der Waals surface area contributed by atoms with Gasteiger partial charge in [-0.3, -0.25) is 14.4 Å². The van der Waals surface area contributed by atoms with Crippen molar-refractivity contribution in [2.45, 2.75) is 24.7 Å². The number of carbonyl (C=O) groups excluding carboxylic acids is 3. The van der Waals surface area contributed by atoms with E-state index in [1.807, 2.05) is 0 Å². The van der Waals surface area contributed by atoms with Gasteiger partial charge in [-0.25, -0.2) is 12.8 Å². The van der Waals surface area contributed by atoms with E-state index < -0.39 is 28.4 Å². The average molecular weight is 436 g/mol. The van der Waals surface area contributed by atoms with Crippen LogP contribution < -0.4 is 10.0 Å². The smallest absolute Gasteiger partial charge is 0.321 e. The maximum Gasteiger partial charge on any atom is 0.321 e. The minimum absolute atomic E-state index is 0.0566. The number of ketones is 1. The number of hydrogen-bond acceptors (Lipinski definition) is 6. The first kappa shape index (κ1) is 23.2. The van der Waals surface area contributed by atoms with E-state index >= 15 is 0 Å². The summed E-state index contributed by atoms with van der Waals surface area (Å²) in [4.78, 5) is 34.5. The van der Waals surface area contributed by atoms with Crippen LogP contribution in [0.25, 0.3) is 0 Å². The van der Waals surface area contributed by atoms with Crippen molar-refractivity contribution in [2.24, 2.45) is 0 Å². The topological polar surface area (TPSA) is 119 Å². The van der Waals surface area contributed by atoms with Crippen LogP contribution in [-0.4, -0.2) is 39.2 Å². The number of nitrogens with one attached hydrogen (secondary N) is 2. The molecule has 0 radical (unpaired) electrons. The summed E-state index contributed by atoms with van der Waals surface area (Å²) in [5, 5.41) is 2.51. The molecule has 2 rings (SSSR count). The van der Waals surface area contributed by atoms with Crippen LogP contribution in [0.4, 0.5) is 10.1 Å². The molecule has 10 heteroatoms. The number of anilines is 1. The van der Waals surface area contributed by atoms with Crippen molar-refractivity contribution in [1.82, 2.24) is 4.72 Å². The van der Waals surface area contributed by atoms with Crippen LogP contribution in [0.1, 0.15) is 30.1 Å². The number of halogens is 1. The lowest BCUT2D eigenvalue weighted by molar-refractivity contribution is -0.142. The minimum atomic E-state index is -3.93. The van der Waals surface area contributed by atoms with Crippen molar-refractivity contribution in [3.63, 3.8) is 0 Å². The van der Waals surface area contributed by atoms with Crippen molar-refractivity contribution < 1.29 is 31.9 Å². The highest BCUT2D eigenvalue weighted by molar-refractivity contribution is 7.89. The number of benzene rings is 2. The number of hydrogen-bond donors (Lipinski definition) is 2. The number of carbonyl (C=O) groups is 3. The molecular formula is C20H21FN2O6S. The molecule has 1 amide bonds. The van der Waals surface area contributed by atoms with E-state index in [9.17, 15) is 27.2 Å². The van der Waals surface area contributed by atoms with Gasteiger partial charge in [-0.15, -0.1) is 0 Å². The third-order valence-corrected chi connectivity index (χ3v) is 5.29. The number of ether oxygens (including phenoxy) is 1.